The van der Waals surface area contributed by atoms with Crippen LogP contribution in [0.4, 0.5) is 0 Å². The molecule has 2 nitrogen and oxygen atoms in total. The summed E-state index contributed by atoms with van der Waals surface area (Å²) in [6, 6.07) is 0. The monoisotopic (exact) mass is 176 g/mol. The van der Waals surface area contributed by atoms with E-state index < -0.39 is 0 Å². The highest BCUT2D eigenvalue weighted by molar-refractivity contribution is 7.17. The number of hydrogen-bond donors (Lipinski definition) is 0. The second-order valence-corrected chi connectivity index (χ2v) is 3.86. The van der Waals surface area contributed by atoms with Crippen molar-refractivity contribution in [2.45, 2.75) is 27.7 Å². The predicted octanol–water partition coefficient (Wildman–Crippen LogP) is 3.14. The average Bonchev–Trinajstić information content (AvgIpc) is 1.98. The highest BCUT2D eigenvalue weighted by Gasteiger charge is 2.15. The minimum absolute atomic E-state index is 0.202. The SMILES string of the molecule is CC(C)C(C)C(C)COP=O. The Hall–Kier alpha value is 0.0600. The van der Waals surface area contributed by atoms with Crippen molar-refractivity contribution >= 4 is 8.69 Å². The van der Waals surface area contributed by atoms with Gasteiger partial charge < -0.3 is 0 Å². The summed E-state index contributed by atoms with van der Waals surface area (Å²) in [5.41, 5.74) is 0. The summed E-state index contributed by atoms with van der Waals surface area (Å²) in [5, 5.41) is 0. The van der Waals surface area contributed by atoms with Crippen LogP contribution < -0.4 is 0 Å². The Morgan fingerprint density at radius 1 is 1.27 bits per heavy atom. The Morgan fingerprint density at radius 3 is 2.18 bits per heavy atom. The maximum Gasteiger partial charge on any atom is 0.327 e. The average molecular weight is 176 g/mol. The fourth-order valence-corrected chi connectivity index (χ4v) is 1.25. The largest absolute Gasteiger partial charge is 0.327 e. The Bertz CT molecular complexity index is 115. The van der Waals surface area contributed by atoms with Crippen LogP contribution in [-0.2, 0) is 9.09 Å². The zero-order valence-corrected chi connectivity index (χ0v) is 8.60. The lowest BCUT2D eigenvalue weighted by Crippen LogP contribution is -2.17. The normalized spacial score (nSPS) is 17.2. The van der Waals surface area contributed by atoms with Crippen LogP contribution in [0.1, 0.15) is 27.7 Å². The van der Waals surface area contributed by atoms with Crippen molar-refractivity contribution in [3.05, 3.63) is 0 Å². The highest BCUT2D eigenvalue weighted by atomic mass is 31.1. The molecule has 0 saturated heterocycles. The molecule has 0 fully saturated rings. The van der Waals surface area contributed by atoms with Crippen LogP contribution in [0.2, 0.25) is 0 Å². The van der Waals surface area contributed by atoms with Crippen LogP contribution in [0.25, 0.3) is 0 Å². The van der Waals surface area contributed by atoms with Gasteiger partial charge >= 0.3 is 8.69 Å². The first kappa shape index (κ1) is 11.1. The summed E-state index contributed by atoms with van der Waals surface area (Å²) in [5.74, 6) is 1.77. The Kier molecular flexibility index (Phi) is 5.71. The van der Waals surface area contributed by atoms with Crippen LogP contribution in [0.3, 0.4) is 0 Å². The van der Waals surface area contributed by atoms with Crippen LogP contribution in [-0.4, -0.2) is 6.61 Å². The van der Waals surface area contributed by atoms with Crippen molar-refractivity contribution in [3.8, 4) is 0 Å². The molecular weight excluding hydrogens is 159 g/mol. The van der Waals surface area contributed by atoms with Gasteiger partial charge in [-0.3, -0.25) is 4.52 Å². The van der Waals surface area contributed by atoms with Crippen LogP contribution in [0.5, 0.6) is 0 Å². The van der Waals surface area contributed by atoms with Crippen molar-refractivity contribution in [1.82, 2.24) is 0 Å². The Balaban J connectivity index is 3.63. The van der Waals surface area contributed by atoms with E-state index in [-0.39, 0.29) is 8.69 Å². The van der Waals surface area contributed by atoms with Crippen molar-refractivity contribution in [2.24, 2.45) is 17.8 Å². The van der Waals surface area contributed by atoms with Gasteiger partial charge in [-0.2, -0.15) is 0 Å². The first-order chi connectivity index (χ1) is 5.09. The van der Waals surface area contributed by atoms with Crippen LogP contribution >= 0.6 is 8.69 Å². The number of hydrogen-bond acceptors (Lipinski definition) is 2. The van der Waals surface area contributed by atoms with E-state index in [2.05, 4.69) is 27.7 Å². The fourth-order valence-electron chi connectivity index (χ4n) is 0.957. The van der Waals surface area contributed by atoms with Crippen molar-refractivity contribution in [3.63, 3.8) is 0 Å². The van der Waals surface area contributed by atoms with E-state index in [4.69, 9.17) is 4.52 Å². The molecule has 0 aromatic carbocycles. The third-order valence-electron chi connectivity index (χ3n) is 2.34. The van der Waals surface area contributed by atoms with Gasteiger partial charge in [0, 0.05) is 0 Å². The first-order valence-electron chi connectivity index (χ1n) is 4.04. The third-order valence-corrected chi connectivity index (χ3v) is 2.59. The second-order valence-electron chi connectivity index (χ2n) is 3.45. The quantitative estimate of drug-likeness (QED) is 0.601. The molecular formula is C8H17O2P. The summed E-state index contributed by atoms with van der Waals surface area (Å²) >= 11 is 0. The Morgan fingerprint density at radius 2 is 1.82 bits per heavy atom. The van der Waals surface area contributed by atoms with E-state index in [1.165, 1.54) is 0 Å². The summed E-state index contributed by atoms with van der Waals surface area (Å²) in [6.07, 6.45) is 0. The van der Waals surface area contributed by atoms with Crippen LogP contribution in [0, 0.1) is 17.8 Å². The van der Waals surface area contributed by atoms with Gasteiger partial charge in [0.25, 0.3) is 0 Å². The zero-order chi connectivity index (χ0) is 8.85. The van der Waals surface area contributed by atoms with E-state index in [1.807, 2.05) is 0 Å². The van der Waals surface area contributed by atoms with Gasteiger partial charge in [0.05, 0.1) is 6.61 Å². The van der Waals surface area contributed by atoms with E-state index >= 15 is 0 Å². The number of rotatable bonds is 5. The molecule has 2 unspecified atom stereocenters. The molecule has 0 aromatic heterocycles. The molecule has 0 saturated carbocycles. The van der Waals surface area contributed by atoms with E-state index in [9.17, 15) is 4.57 Å². The van der Waals surface area contributed by atoms with Gasteiger partial charge in [-0.1, -0.05) is 27.7 Å². The molecule has 2 atom stereocenters. The molecule has 0 heterocycles. The maximum absolute atomic E-state index is 9.98. The molecule has 11 heavy (non-hydrogen) atoms. The van der Waals surface area contributed by atoms with Gasteiger partial charge in [0.1, 0.15) is 0 Å². The van der Waals surface area contributed by atoms with Gasteiger partial charge in [0.15, 0.2) is 0 Å². The predicted molar refractivity (Wildman–Crippen MR) is 46.7 cm³/mol. The first-order valence-corrected chi connectivity index (χ1v) is 4.77. The summed E-state index contributed by atoms with van der Waals surface area (Å²) in [7, 11) is -0.202. The molecule has 0 amide bonds. The summed E-state index contributed by atoms with van der Waals surface area (Å²) in [4.78, 5) is 0. The summed E-state index contributed by atoms with van der Waals surface area (Å²) < 4.78 is 14.8. The standard InChI is InChI=1S/C8H17O2P/c1-6(2)8(4)7(3)5-10-11-9/h6-8H,5H2,1-4H3. The third kappa shape index (κ3) is 4.49. The highest BCUT2D eigenvalue weighted by Crippen LogP contribution is 2.20. The molecule has 3 heteroatoms. The molecule has 0 spiro atoms. The van der Waals surface area contributed by atoms with Gasteiger partial charge in [0.2, 0.25) is 0 Å². The lowest BCUT2D eigenvalue weighted by atomic mass is 9.87. The molecule has 0 rings (SSSR count). The van der Waals surface area contributed by atoms with E-state index in [1.54, 1.807) is 0 Å². The van der Waals surface area contributed by atoms with Crippen molar-refractivity contribution < 1.29 is 9.09 Å². The van der Waals surface area contributed by atoms with E-state index in [0.717, 1.165) is 0 Å². The zero-order valence-electron chi connectivity index (χ0n) is 7.70. The Labute approximate surface area is 70.6 Å². The maximum atomic E-state index is 9.98. The lowest BCUT2D eigenvalue weighted by molar-refractivity contribution is 0.198. The summed E-state index contributed by atoms with van der Waals surface area (Å²) in [6.45, 7) is 9.28. The van der Waals surface area contributed by atoms with Crippen LogP contribution in [0.15, 0.2) is 0 Å². The fraction of sp³-hybridized carbons (Fsp3) is 1.00. The lowest BCUT2D eigenvalue weighted by Gasteiger charge is -2.21. The van der Waals surface area contributed by atoms with Crippen molar-refractivity contribution in [1.29, 1.82) is 0 Å². The van der Waals surface area contributed by atoms with Crippen molar-refractivity contribution in [2.75, 3.05) is 6.61 Å². The molecule has 0 N–H and O–H groups in total. The topological polar surface area (TPSA) is 26.3 Å². The molecule has 0 aliphatic heterocycles. The smallest absolute Gasteiger partial charge is 0.294 e. The second kappa shape index (κ2) is 5.68. The molecule has 66 valence electrons. The molecule has 0 aliphatic rings. The van der Waals surface area contributed by atoms with Gasteiger partial charge in [-0.05, 0) is 17.8 Å². The molecule has 0 bridgehead atoms. The minimum atomic E-state index is -0.202. The van der Waals surface area contributed by atoms with Gasteiger partial charge in [-0.25, -0.2) is 4.57 Å². The van der Waals surface area contributed by atoms with E-state index in [0.29, 0.717) is 24.4 Å². The van der Waals surface area contributed by atoms with Gasteiger partial charge in [-0.15, -0.1) is 0 Å². The molecule has 0 aromatic rings. The molecule has 0 radical (unpaired) electrons. The minimum Gasteiger partial charge on any atom is -0.294 e. The molecule has 0 aliphatic carbocycles.